The van der Waals surface area contributed by atoms with E-state index in [-0.39, 0.29) is 6.10 Å². The fourth-order valence-corrected chi connectivity index (χ4v) is 2.34. The first-order valence-corrected chi connectivity index (χ1v) is 7.64. The molecule has 0 bridgehead atoms. The highest BCUT2D eigenvalue weighted by atomic mass is 16.5. The lowest BCUT2D eigenvalue weighted by Gasteiger charge is -2.33. The fraction of sp³-hybridized carbons (Fsp3) is 1.00. The molecule has 0 saturated carbocycles. The molecule has 2 unspecified atom stereocenters. The molecule has 19 heavy (non-hydrogen) atoms. The molecule has 2 atom stereocenters. The summed E-state index contributed by atoms with van der Waals surface area (Å²) in [5.41, 5.74) is 0. The number of hydrogen-bond donors (Lipinski definition) is 1. The highest BCUT2D eigenvalue weighted by molar-refractivity contribution is 4.74. The molecule has 1 N–H and O–H groups in total. The number of aliphatic hydroxyl groups excluding tert-OH is 1. The number of nitrogens with zero attached hydrogens (tertiary/aromatic N) is 1. The van der Waals surface area contributed by atoms with E-state index in [4.69, 9.17) is 9.47 Å². The summed E-state index contributed by atoms with van der Waals surface area (Å²) >= 11 is 0. The van der Waals surface area contributed by atoms with Crippen molar-refractivity contribution in [3.63, 3.8) is 0 Å². The van der Waals surface area contributed by atoms with Crippen molar-refractivity contribution in [1.29, 1.82) is 0 Å². The van der Waals surface area contributed by atoms with Gasteiger partial charge >= 0.3 is 0 Å². The molecule has 1 fully saturated rings. The minimum Gasteiger partial charge on any atom is -0.389 e. The van der Waals surface area contributed by atoms with Crippen molar-refractivity contribution in [3.8, 4) is 0 Å². The lowest BCUT2D eigenvalue weighted by atomic mass is 10.1. The predicted octanol–water partition coefficient (Wildman–Crippen LogP) is 2.05. The largest absolute Gasteiger partial charge is 0.389 e. The molecule has 1 heterocycles. The first-order chi connectivity index (χ1) is 8.99. The van der Waals surface area contributed by atoms with Crippen LogP contribution in [0.15, 0.2) is 0 Å². The van der Waals surface area contributed by atoms with Crippen LogP contribution in [0.3, 0.4) is 0 Å². The van der Waals surface area contributed by atoms with E-state index < -0.39 is 6.10 Å². The monoisotopic (exact) mass is 273 g/mol. The van der Waals surface area contributed by atoms with Crippen molar-refractivity contribution >= 4 is 0 Å². The molecule has 1 saturated heterocycles. The van der Waals surface area contributed by atoms with Crippen LogP contribution in [0.4, 0.5) is 0 Å². The quantitative estimate of drug-likeness (QED) is 0.735. The van der Waals surface area contributed by atoms with Gasteiger partial charge in [-0.15, -0.1) is 0 Å². The van der Waals surface area contributed by atoms with Gasteiger partial charge in [-0.3, -0.25) is 4.90 Å². The Morgan fingerprint density at radius 1 is 1.26 bits per heavy atom. The Morgan fingerprint density at radius 3 is 2.53 bits per heavy atom. The molecule has 1 aliphatic rings. The summed E-state index contributed by atoms with van der Waals surface area (Å²) in [6, 6.07) is 0.416. The van der Waals surface area contributed by atoms with E-state index in [0.717, 1.165) is 19.6 Å². The average molecular weight is 273 g/mol. The van der Waals surface area contributed by atoms with Crippen LogP contribution >= 0.6 is 0 Å². The minimum atomic E-state index is -0.423. The molecule has 0 radical (unpaired) electrons. The third-order valence-electron chi connectivity index (χ3n) is 3.51. The first kappa shape index (κ1) is 16.9. The second-order valence-electron chi connectivity index (χ2n) is 6.07. The van der Waals surface area contributed by atoms with Crippen LogP contribution in [-0.2, 0) is 9.47 Å². The normalized spacial score (nSPS) is 22.4. The van der Waals surface area contributed by atoms with Gasteiger partial charge in [-0.05, 0) is 47.0 Å². The maximum atomic E-state index is 10.0. The van der Waals surface area contributed by atoms with Gasteiger partial charge in [0.2, 0.25) is 0 Å². The van der Waals surface area contributed by atoms with Gasteiger partial charge in [0.05, 0.1) is 24.9 Å². The summed E-state index contributed by atoms with van der Waals surface area (Å²) < 4.78 is 11.3. The lowest BCUT2D eigenvalue weighted by molar-refractivity contribution is -0.0388. The van der Waals surface area contributed by atoms with Gasteiger partial charge in [0.1, 0.15) is 0 Å². The van der Waals surface area contributed by atoms with Crippen LogP contribution in [0.1, 0.15) is 47.0 Å². The van der Waals surface area contributed by atoms with Gasteiger partial charge in [-0.2, -0.15) is 0 Å². The van der Waals surface area contributed by atoms with Gasteiger partial charge in [-0.1, -0.05) is 0 Å². The molecule has 0 aliphatic carbocycles. The summed E-state index contributed by atoms with van der Waals surface area (Å²) in [5.74, 6) is 0. The maximum Gasteiger partial charge on any atom is 0.0900 e. The van der Waals surface area contributed by atoms with Gasteiger partial charge in [-0.25, -0.2) is 0 Å². The summed E-state index contributed by atoms with van der Waals surface area (Å²) in [6.45, 7) is 11.2. The second-order valence-corrected chi connectivity index (χ2v) is 6.07. The molecule has 0 amide bonds. The third-order valence-corrected chi connectivity index (χ3v) is 3.51. The SMILES string of the molecule is CC(C)OCC(O)CN(CC1CCCCO1)C(C)C. The molecular weight excluding hydrogens is 242 g/mol. The Kier molecular flexibility index (Phi) is 7.91. The topological polar surface area (TPSA) is 41.9 Å². The predicted molar refractivity (Wildman–Crippen MR) is 77.4 cm³/mol. The summed E-state index contributed by atoms with van der Waals surface area (Å²) in [4.78, 5) is 2.30. The van der Waals surface area contributed by atoms with Gasteiger partial charge in [0.15, 0.2) is 0 Å². The minimum absolute atomic E-state index is 0.170. The molecule has 4 heteroatoms. The molecule has 1 rings (SSSR count). The van der Waals surface area contributed by atoms with E-state index in [9.17, 15) is 5.11 Å². The summed E-state index contributed by atoms with van der Waals surface area (Å²) in [6.07, 6.45) is 3.66. The molecule has 0 aromatic rings. The molecule has 1 aliphatic heterocycles. The summed E-state index contributed by atoms with van der Waals surface area (Å²) in [7, 11) is 0. The van der Waals surface area contributed by atoms with Crippen molar-refractivity contribution in [2.24, 2.45) is 0 Å². The zero-order valence-electron chi connectivity index (χ0n) is 13.0. The molecule has 0 aromatic carbocycles. The smallest absolute Gasteiger partial charge is 0.0900 e. The third kappa shape index (κ3) is 7.25. The molecular formula is C15H31NO3. The number of hydrogen-bond acceptors (Lipinski definition) is 4. The highest BCUT2D eigenvalue weighted by Crippen LogP contribution is 2.15. The van der Waals surface area contributed by atoms with Gasteiger partial charge in [0, 0.05) is 25.7 Å². The van der Waals surface area contributed by atoms with Crippen molar-refractivity contribution in [2.75, 3.05) is 26.3 Å². The van der Waals surface area contributed by atoms with E-state index in [1.54, 1.807) is 0 Å². The Morgan fingerprint density at radius 2 is 2.00 bits per heavy atom. The van der Waals surface area contributed by atoms with Crippen LogP contribution in [0.2, 0.25) is 0 Å². The van der Waals surface area contributed by atoms with Crippen molar-refractivity contribution < 1.29 is 14.6 Å². The Labute approximate surface area is 118 Å². The molecule has 4 nitrogen and oxygen atoms in total. The average Bonchev–Trinajstić information content (AvgIpc) is 2.36. The lowest BCUT2D eigenvalue weighted by Crippen LogP contribution is -2.44. The van der Waals surface area contributed by atoms with Crippen LogP contribution in [0.5, 0.6) is 0 Å². The highest BCUT2D eigenvalue weighted by Gasteiger charge is 2.21. The zero-order valence-corrected chi connectivity index (χ0v) is 13.0. The Bertz CT molecular complexity index is 227. The first-order valence-electron chi connectivity index (χ1n) is 7.64. The van der Waals surface area contributed by atoms with Crippen molar-refractivity contribution in [1.82, 2.24) is 4.90 Å². The summed E-state index contributed by atoms with van der Waals surface area (Å²) in [5, 5.41) is 10.0. The molecule has 114 valence electrons. The Hall–Kier alpha value is -0.160. The van der Waals surface area contributed by atoms with E-state index in [0.29, 0.717) is 25.3 Å². The molecule has 0 aromatic heterocycles. The zero-order chi connectivity index (χ0) is 14.3. The Balaban J connectivity index is 2.34. The number of aliphatic hydroxyl groups is 1. The van der Waals surface area contributed by atoms with E-state index in [2.05, 4.69) is 18.7 Å². The van der Waals surface area contributed by atoms with E-state index >= 15 is 0 Å². The number of ether oxygens (including phenoxy) is 2. The number of rotatable bonds is 8. The van der Waals surface area contributed by atoms with Crippen LogP contribution in [-0.4, -0.2) is 60.7 Å². The maximum absolute atomic E-state index is 10.0. The van der Waals surface area contributed by atoms with Gasteiger partial charge < -0.3 is 14.6 Å². The fourth-order valence-electron chi connectivity index (χ4n) is 2.34. The second kappa shape index (κ2) is 8.90. The van der Waals surface area contributed by atoms with Crippen LogP contribution in [0, 0.1) is 0 Å². The van der Waals surface area contributed by atoms with Crippen LogP contribution < -0.4 is 0 Å². The van der Waals surface area contributed by atoms with E-state index in [1.165, 1.54) is 12.8 Å². The molecule has 0 spiro atoms. The van der Waals surface area contributed by atoms with Crippen molar-refractivity contribution in [3.05, 3.63) is 0 Å². The van der Waals surface area contributed by atoms with Crippen molar-refractivity contribution in [2.45, 2.75) is 71.3 Å². The standard InChI is InChI=1S/C15H31NO3/c1-12(2)16(9-14(17)11-19-13(3)4)10-15-7-5-6-8-18-15/h12-15,17H,5-11H2,1-4H3. The van der Waals surface area contributed by atoms with E-state index in [1.807, 2.05) is 13.8 Å². The van der Waals surface area contributed by atoms with Gasteiger partial charge in [0.25, 0.3) is 0 Å². The van der Waals surface area contributed by atoms with Crippen LogP contribution in [0.25, 0.3) is 0 Å².